The van der Waals surface area contributed by atoms with E-state index in [1.54, 1.807) is 28.4 Å². The molecule has 0 saturated carbocycles. The maximum Gasteiger partial charge on any atom is 0.500 e. The van der Waals surface area contributed by atoms with Crippen LogP contribution in [0.3, 0.4) is 0 Å². The molecular weight excluding hydrogens is 568 g/mol. The van der Waals surface area contributed by atoms with Crippen molar-refractivity contribution in [2.75, 3.05) is 54.9 Å². The van der Waals surface area contributed by atoms with Crippen LogP contribution in [-0.2, 0) is 31.3 Å². The molecule has 0 aromatic carbocycles. The van der Waals surface area contributed by atoms with Gasteiger partial charge in [-0.25, -0.2) is 0 Å². The van der Waals surface area contributed by atoms with Gasteiger partial charge in [-0.05, 0) is 54.4 Å². The maximum atomic E-state index is 9.78. The summed E-state index contributed by atoms with van der Waals surface area (Å²) in [5.74, 6) is 0. The lowest BCUT2D eigenvalue weighted by Gasteiger charge is -2.34. The van der Waals surface area contributed by atoms with Gasteiger partial charge in [0.05, 0.1) is 49.8 Å². The summed E-state index contributed by atoms with van der Waals surface area (Å²) in [6, 6.07) is 1.000. The molecule has 0 aromatic rings. The summed E-state index contributed by atoms with van der Waals surface area (Å²) < 4.78 is 38.4. The Balaban J connectivity index is -0.0000000780. The molecule has 0 rings (SSSR count). The van der Waals surface area contributed by atoms with Gasteiger partial charge in [0.15, 0.2) is 0 Å². The van der Waals surface area contributed by atoms with Crippen LogP contribution < -0.4 is 0 Å². The molecule has 11 nitrogen and oxygen atoms in total. The Morgan fingerprint density at radius 1 is 0.585 bits per heavy atom. The molecule has 2 unspecified atom stereocenters. The topological polar surface area (TPSA) is 146 Å². The molecular formula is C28H76O11Si2. The first kappa shape index (κ1) is 60.2. The fraction of sp³-hybridized carbons (Fsp3) is 1.00. The van der Waals surface area contributed by atoms with Crippen LogP contribution in [0, 0.1) is 0 Å². The molecule has 262 valence electrons. The van der Waals surface area contributed by atoms with Crippen LogP contribution in [0.4, 0.5) is 0 Å². The van der Waals surface area contributed by atoms with Crippen LogP contribution >= 0.6 is 0 Å². The van der Waals surface area contributed by atoms with Crippen molar-refractivity contribution in [1.29, 1.82) is 0 Å². The standard InChI is InChI=1S/C12H28O6Si.C10H24O5Si.6CH4/c1-12(2,3)18-19(15-4,16-5)9-6-11(14)10-17-8-7-13;1-10(2,3)15-16(13-4,14-5)7-6-9(12)8-11;;;;;;/h11,13-14H,6-10H2,1-5H3;9,11-12H,6-8H2,1-5H3;6*1H4. The van der Waals surface area contributed by atoms with Crippen molar-refractivity contribution >= 4 is 17.6 Å². The fourth-order valence-electron chi connectivity index (χ4n) is 2.92. The minimum Gasteiger partial charge on any atom is -0.394 e. The summed E-state index contributed by atoms with van der Waals surface area (Å²) in [4.78, 5) is 0. The Morgan fingerprint density at radius 3 is 1.15 bits per heavy atom. The third-order valence-electron chi connectivity index (χ3n) is 4.49. The van der Waals surface area contributed by atoms with Gasteiger partial charge >= 0.3 is 17.6 Å². The van der Waals surface area contributed by atoms with E-state index >= 15 is 0 Å². The highest BCUT2D eigenvalue weighted by Gasteiger charge is 2.43. The molecule has 4 N–H and O–H groups in total. The Kier molecular flexibility index (Phi) is 44.1. The summed E-state index contributed by atoms with van der Waals surface area (Å²) >= 11 is 0. The molecule has 0 fully saturated rings. The second-order valence-electron chi connectivity index (χ2n) is 9.98. The van der Waals surface area contributed by atoms with Gasteiger partial charge in [0.2, 0.25) is 0 Å². The highest BCUT2D eigenvalue weighted by atomic mass is 28.4. The zero-order valence-corrected chi connectivity index (χ0v) is 25.5. The number of hydrogen-bond acceptors (Lipinski definition) is 11. The zero-order chi connectivity index (χ0) is 27.8. The molecule has 0 bridgehead atoms. The first-order valence-corrected chi connectivity index (χ1v) is 15.7. The van der Waals surface area contributed by atoms with Crippen molar-refractivity contribution in [3.8, 4) is 0 Å². The molecule has 0 radical (unpaired) electrons. The van der Waals surface area contributed by atoms with Gasteiger partial charge in [-0.1, -0.05) is 44.6 Å². The van der Waals surface area contributed by atoms with Gasteiger partial charge in [0, 0.05) is 40.5 Å². The number of rotatable bonds is 17. The minimum absolute atomic E-state index is 0. The fourth-order valence-corrected chi connectivity index (χ4v) is 7.85. The van der Waals surface area contributed by atoms with Crippen molar-refractivity contribution in [3.05, 3.63) is 0 Å². The summed E-state index contributed by atoms with van der Waals surface area (Å²) in [6.07, 6.45) is -0.497. The van der Waals surface area contributed by atoms with Crippen LogP contribution in [0.15, 0.2) is 0 Å². The Morgan fingerprint density at radius 2 is 0.902 bits per heavy atom. The Labute approximate surface area is 258 Å². The summed E-state index contributed by atoms with van der Waals surface area (Å²) in [6.45, 7) is 11.7. The number of ether oxygens (including phenoxy) is 1. The molecule has 0 amide bonds. The Hall–Kier alpha value is -0.00623. The first-order valence-electron chi connectivity index (χ1n) is 11.8. The average Bonchev–Trinajstić information content (AvgIpc) is 2.78. The largest absolute Gasteiger partial charge is 0.500 e. The lowest BCUT2D eigenvalue weighted by molar-refractivity contribution is 0.00233. The lowest BCUT2D eigenvalue weighted by atomic mass is 10.2. The SMILES string of the molecule is C.C.C.C.C.C.CO[Si](CCC(O)CO)(OC)OC(C)(C)C.CO[Si](CCC(O)COCCO)(OC)OC(C)(C)C. The monoisotopic (exact) mass is 644 g/mol. The lowest BCUT2D eigenvalue weighted by Crippen LogP contribution is -2.49. The predicted molar refractivity (Wildman–Crippen MR) is 177 cm³/mol. The van der Waals surface area contributed by atoms with Crippen LogP contribution in [0.1, 0.15) is 98.9 Å². The van der Waals surface area contributed by atoms with E-state index in [2.05, 4.69) is 0 Å². The smallest absolute Gasteiger partial charge is 0.394 e. The molecule has 0 aliphatic carbocycles. The summed E-state index contributed by atoms with van der Waals surface area (Å²) in [5, 5.41) is 36.4. The van der Waals surface area contributed by atoms with Gasteiger partial charge in [0.25, 0.3) is 0 Å². The van der Waals surface area contributed by atoms with Crippen LogP contribution in [-0.4, -0.2) is 116 Å². The molecule has 0 spiro atoms. The van der Waals surface area contributed by atoms with E-state index in [1.165, 1.54) is 0 Å². The van der Waals surface area contributed by atoms with E-state index in [1.807, 2.05) is 41.5 Å². The van der Waals surface area contributed by atoms with E-state index in [0.29, 0.717) is 24.9 Å². The van der Waals surface area contributed by atoms with Crippen LogP contribution in [0.2, 0.25) is 12.1 Å². The number of aliphatic hydroxyl groups excluding tert-OH is 4. The van der Waals surface area contributed by atoms with Crippen LogP contribution in [0.25, 0.3) is 0 Å². The summed E-state index contributed by atoms with van der Waals surface area (Å²) in [5.41, 5.74) is -0.723. The van der Waals surface area contributed by atoms with Crippen molar-refractivity contribution in [3.63, 3.8) is 0 Å². The highest BCUT2D eigenvalue weighted by Crippen LogP contribution is 2.25. The van der Waals surface area contributed by atoms with Gasteiger partial charge in [-0.15, -0.1) is 0 Å². The molecule has 2 atom stereocenters. The summed E-state index contributed by atoms with van der Waals surface area (Å²) in [7, 11) is 0.745. The normalized spacial score (nSPS) is 12.7. The Bertz CT molecular complexity index is 508. The molecule has 0 aliphatic rings. The van der Waals surface area contributed by atoms with Gasteiger partial charge in [0.1, 0.15) is 0 Å². The second kappa shape index (κ2) is 30.0. The van der Waals surface area contributed by atoms with Crippen molar-refractivity contribution < 1.29 is 51.7 Å². The minimum atomic E-state index is -2.75. The van der Waals surface area contributed by atoms with Gasteiger partial charge in [-0.2, -0.15) is 0 Å². The quantitative estimate of drug-likeness (QED) is 0.119. The zero-order valence-electron chi connectivity index (χ0n) is 23.5. The van der Waals surface area contributed by atoms with E-state index in [9.17, 15) is 10.2 Å². The van der Waals surface area contributed by atoms with Crippen molar-refractivity contribution in [1.82, 2.24) is 0 Å². The molecule has 0 aliphatic heterocycles. The van der Waals surface area contributed by atoms with Gasteiger partial charge in [-0.3, -0.25) is 0 Å². The molecule has 0 saturated heterocycles. The number of aliphatic hydroxyl groups is 4. The first-order chi connectivity index (χ1) is 16.1. The van der Waals surface area contributed by atoms with Crippen molar-refractivity contribution in [2.24, 2.45) is 0 Å². The average molecular weight is 645 g/mol. The van der Waals surface area contributed by atoms with E-state index < -0.39 is 29.8 Å². The number of hydrogen-bond donors (Lipinski definition) is 4. The van der Waals surface area contributed by atoms with E-state index in [0.717, 1.165) is 0 Å². The second-order valence-corrected chi connectivity index (χ2v) is 15.8. The van der Waals surface area contributed by atoms with Crippen LogP contribution in [0.5, 0.6) is 0 Å². The molecule has 0 aromatic heterocycles. The third kappa shape index (κ3) is 31.2. The predicted octanol–water partition coefficient (Wildman–Crippen LogP) is 5.39. The van der Waals surface area contributed by atoms with Gasteiger partial charge < -0.3 is 51.7 Å². The van der Waals surface area contributed by atoms with E-state index in [-0.39, 0.29) is 82.2 Å². The maximum absolute atomic E-state index is 9.78. The third-order valence-corrected chi connectivity index (χ3v) is 10.6. The molecule has 41 heavy (non-hydrogen) atoms. The van der Waals surface area contributed by atoms with Crippen molar-refractivity contribution in [2.45, 2.75) is 134 Å². The molecule has 13 heteroatoms. The molecule has 0 heterocycles. The highest BCUT2D eigenvalue weighted by molar-refractivity contribution is 6.61. The van der Waals surface area contributed by atoms with E-state index in [4.69, 9.17) is 41.5 Å².